The Kier molecular flexibility index (Phi) is 7.31. The first kappa shape index (κ1) is 14.9. The molecule has 0 radical (unpaired) electrons. The second-order valence-corrected chi connectivity index (χ2v) is 2.32. The Labute approximate surface area is 104 Å². The van der Waals surface area contributed by atoms with Gasteiger partial charge in [0.1, 0.15) is 0 Å². The van der Waals surface area contributed by atoms with E-state index < -0.39 is 0 Å². The van der Waals surface area contributed by atoms with E-state index in [-0.39, 0.29) is 51.0 Å². The number of aliphatic imine (C=N–C) groups is 1. The van der Waals surface area contributed by atoms with Crippen molar-refractivity contribution in [3.8, 4) is 0 Å². The molecule has 0 fully saturated rings. The van der Waals surface area contributed by atoms with Crippen LogP contribution in [0.3, 0.4) is 0 Å². The van der Waals surface area contributed by atoms with Gasteiger partial charge in [-0.2, -0.15) is 0 Å². The topological polar surface area (TPSA) is 12.4 Å². The third-order valence-electron chi connectivity index (χ3n) is 1.51. The fourth-order valence-electron chi connectivity index (χ4n) is 1.10. The van der Waals surface area contributed by atoms with E-state index in [0.29, 0.717) is 0 Å². The zero-order chi connectivity index (χ0) is 6.27. The van der Waals surface area contributed by atoms with E-state index in [1.165, 1.54) is 11.1 Å². The fraction of sp³-hybridized carbons (Fsp3) is 0.125. The summed E-state index contributed by atoms with van der Waals surface area (Å²) in [7, 11) is 0. The van der Waals surface area contributed by atoms with Gasteiger partial charge in [0.2, 0.25) is 0 Å². The molecular weight excluding hydrogens is 272 g/mol. The van der Waals surface area contributed by atoms with Crippen LogP contribution in [0.15, 0.2) is 40.1 Å². The van der Waals surface area contributed by atoms with Crippen molar-refractivity contribution < 1.29 is 51.0 Å². The molecule has 12 heavy (non-hydrogen) atoms. The molecule has 4 heteroatoms. The third kappa shape index (κ3) is 2.69. The van der Waals surface area contributed by atoms with Gasteiger partial charge in [0.25, 0.3) is 0 Å². The van der Waals surface area contributed by atoms with E-state index in [2.05, 4.69) is 24.1 Å². The second kappa shape index (κ2) is 5.91. The SMILES string of the molecule is CC1=CC2=CC=NC2=C1.[Cl-].[Cl-].[Zr+2]. The maximum absolute atomic E-state index is 4.14. The molecule has 0 spiro atoms. The van der Waals surface area contributed by atoms with Crippen LogP contribution in [0.1, 0.15) is 6.92 Å². The summed E-state index contributed by atoms with van der Waals surface area (Å²) in [4.78, 5) is 4.14. The van der Waals surface area contributed by atoms with Gasteiger partial charge in [-0.1, -0.05) is 0 Å². The van der Waals surface area contributed by atoms with Crippen LogP contribution in [-0.4, -0.2) is 6.21 Å². The number of hydrogen-bond donors (Lipinski definition) is 0. The number of nitrogens with zero attached hydrogens (tertiary/aromatic N) is 1. The average molecular weight is 279 g/mol. The Bertz CT molecular complexity index is 277. The Balaban J connectivity index is 0. The van der Waals surface area contributed by atoms with Gasteiger partial charge in [-0.15, -0.1) is 0 Å². The molecule has 0 atom stereocenters. The number of hydrogen-bond acceptors (Lipinski definition) is 1. The summed E-state index contributed by atoms with van der Waals surface area (Å²) in [6, 6.07) is 0. The quantitative estimate of drug-likeness (QED) is 0.427. The van der Waals surface area contributed by atoms with Crippen molar-refractivity contribution in [1.29, 1.82) is 0 Å². The molecule has 0 unspecified atom stereocenters. The predicted octanol–water partition coefficient (Wildman–Crippen LogP) is -4.15. The smallest absolute Gasteiger partial charge is 1.00 e. The first-order valence-corrected chi connectivity index (χ1v) is 3.01. The number of allylic oxidation sites excluding steroid dienone is 4. The first-order valence-electron chi connectivity index (χ1n) is 3.01. The maximum Gasteiger partial charge on any atom is 2.00 e. The monoisotopic (exact) mass is 277 g/mol. The first-order chi connectivity index (χ1) is 4.36. The van der Waals surface area contributed by atoms with Crippen LogP contribution >= 0.6 is 0 Å². The van der Waals surface area contributed by atoms with Crippen molar-refractivity contribution in [2.75, 3.05) is 0 Å². The van der Waals surface area contributed by atoms with E-state index in [0.717, 1.165) is 5.70 Å². The number of fused-ring (bicyclic) bond motifs is 1. The number of halogens is 2. The van der Waals surface area contributed by atoms with Crippen molar-refractivity contribution in [2.45, 2.75) is 6.92 Å². The molecule has 2 rings (SSSR count). The van der Waals surface area contributed by atoms with Crippen molar-refractivity contribution in [3.05, 3.63) is 35.1 Å². The molecule has 0 saturated heterocycles. The van der Waals surface area contributed by atoms with Gasteiger partial charge >= 0.3 is 26.2 Å². The minimum absolute atomic E-state index is 0. The Morgan fingerprint density at radius 3 is 2.42 bits per heavy atom. The minimum atomic E-state index is 0. The largest absolute Gasteiger partial charge is 2.00 e. The second-order valence-electron chi connectivity index (χ2n) is 2.32. The van der Waals surface area contributed by atoms with Crippen LogP contribution in [-0.2, 0) is 26.2 Å². The fourth-order valence-corrected chi connectivity index (χ4v) is 1.10. The molecule has 0 saturated carbocycles. The predicted molar refractivity (Wildman–Crippen MR) is 38.4 cm³/mol. The van der Waals surface area contributed by atoms with Crippen molar-refractivity contribution in [3.63, 3.8) is 0 Å². The molecule has 0 N–H and O–H groups in total. The van der Waals surface area contributed by atoms with E-state index >= 15 is 0 Å². The molecule has 0 aromatic heterocycles. The third-order valence-corrected chi connectivity index (χ3v) is 1.51. The van der Waals surface area contributed by atoms with Gasteiger partial charge in [0, 0.05) is 11.8 Å². The van der Waals surface area contributed by atoms with E-state index in [1.54, 1.807) is 0 Å². The van der Waals surface area contributed by atoms with Gasteiger partial charge in [0.15, 0.2) is 0 Å². The minimum Gasteiger partial charge on any atom is -1.00 e. The van der Waals surface area contributed by atoms with E-state index in [4.69, 9.17) is 0 Å². The Morgan fingerprint density at radius 2 is 1.83 bits per heavy atom. The van der Waals surface area contributed by atoms with Crippen LogP contribution in [0.4, 0.5) is 0 Å². The van der Waals surface area contributed by atoms with Gasteiger partial charge in [-0.25, -0.2) is 0 Å². The van der Waals surface area contributed by atoms with Gasteiger partial charge in [-0.3, -0.25) is 4.99 Å². The van der Waals surface area contributed by atoms with Crippen LogP contribution in [0.25, 0.3) is 0 Å². The molecule has 1 nitrogen and oxygen atoms in total. The van der Waals surface area contributed by atoms with Crippen LogP contribution in [0.5, 0.6) is 0 Å². The molecule has 0 bridgehead atoms. The Hall–Kier alpha value is 0.353. The van der Waals surface area contributed by atoms with Crippen LogP contribution < -0.4 is 24.8 Å². The molecule has 1 heterocycles. The zero-order valence-corrected chi connectivity index (χ0v) is 10.5. The molecule has 0 aromatic carbocycles. The van der Waals surface area contributed by atoms with Crippen molar-refractivity contribution >= 4 is 6.21 Å². The zero-order valence-electron chi connectivity index (χ0n) is 6.51. The summed E-state index contributed by atoms with van der Waals surface area (Å²) >= 11 is 0. The standard InChI is InChI=1S/C8H7N.2ClH.Zr/c1-6-4-7-2-3-9-8(7)5-6;;;/h2-5H,1H3;2*1H;/q;;;+2/p-2. The number of rotatable bonds is 0. The summed E-state index contributed by atoms with van der Waals surface area (Å²) in [5.74, 6) is 0. The molecule has 62 valence electrons. The van der Waals surface area contributed by atoms with Crippen LogP contribution in [0.2, 0.25) is 0 Å². The molecule has 0 amide bonds. The van der Waals surface area contributed by atoms with Gasteiger partial charge in [-0.05, 0) is 30.7 Å². The summed E-state index contributed by atoms with van der Waals surface area (Å²) in [6.07, 6.45) is 8.10. The molecule has 2 aliphatic rings. The molecular formula is C8H7Cl2NZr. The molecule has 1 aliphatic carbocycles. The normalized spacial score (nSPS) is 15.9. The molecule has 0 aromatic rings. The Morgan fingerprint density at radius 1 is 1.17 bits per heavy atom. The summed E-state index contributed by atoms with van der Waals surface area (Å²) in [5, 5.41) is 0. The van der Waals surface area contributed by atoms with Gasteiger partial charge in [0.05, 0.1) is 5.70 Å². The summed E-state index contributed by atoms with van der Waals surface area (Å²) in [5.41, 5.74) is 3.67. The van der Waals surface area contributed by atoms with Crippen molar-refractivity contribution in [1.82, 2.24) is 0 Å². The van der Waals surface area contributed by atoms with Crippen LogP contribution in [0, 0.1) is 0 Å². The molecule has 1 aliphatic heterocycles. The summed E-state index contributed by atoms with van der Waals surface area (Å²) < 4.78 is 0. The van der Waals surface area contributed by atoms with Gasteiger partial charge < -0.3 is 24.8 Å². The summed E-state index contributed by atoms with van der Waals surface area (Å²) in [6.45, 7) is 2.08. The van der Waals surface area contributed by atoms with E-state index in [9.17, 15) is 0 Å². The van der Waals surface area contributed by atoms with E-state index in [1.807, 2.05) is 12.3 Å². The van der Waals surface area contributed by atoms with Crippen molar-refractivity contribution in [2.24, 2.45) is 4.99 Å². The maximum atomic E-state index is 4.14. The average Bonchev–Trinajstić information content (AvgIpc) is 2.22.